The van der Waals surface area contributed by atoms with Gasteiger partial charge in [0.25, 0.3) is 11.6 Å². The van der Waals surface area contributed by atoms with Gasteiger partial charge in [-0.15, -0.1) is 0 Å². The molecule has 9 nitrogen and oxygen atoms in total. The normalized spacial score (nSPS) is 15.5. The Balaban J connectivity index is 1.90. The number of amides is 1. The maximum absolute atomic E-state index is 13.4. The Morgan fingerprint density at radius 3 is 2.48 bits per heavy atom. The molecule has 0 saturated carbocycles. The maximum Gasteiger partial charge on any atom is 0.290 e. The van der Waals surface area contributed by atoms with Crippen molar-refractivity contribution >= 4 is 22.6 Å². The summed E-state index contributed by atoms with van der Waals surface area (Å²) in [6.45, 7) is 0.932. The number of carbonyl (C=O) groups is 1. The third kappa shape index (κ3) is 3.53. The molecule has 0 bridgehead atoms. The standard InChI is InChI=1S/C22H21N3O6/c1-23(2)10-11-24-19(13-4-6-14(7-5-13)25(28)29)18-20(26)16-9-8-15(30-3)12-17(16)31-21(18)22(24)27/h4-9,12,19H,10-11H2,1-3H3/t19-/m0/s1. The molecule has 1 aliphatic rings. The van der Waals surface area contributed by atoms with E-state index in [1.54, 1.807) is 35.2 Å². The van der Waals surface area contributed by atoms with Gasteiger partial charge < -0.3 is 19.0 Å². The molecule has 3 aromatic rings. The van der Waals surface area contributed by atoms with Gasteiger partial charge in [-0.3, -0.25) is 19.7 Å². The van der Waals surface area contributed by atoms with Crippen LogP contribution >= 0.6 is 0 Å². The van der Waals surface area contributed by atoms with Crippen molar-refractivity contribution in [2.75, 3.05) is 34.3 Å². The van der Waals surface area contributed by atoms with Gasteiger partial charge in [-0.25, -0.2) is 0 Å². The number of hydrogen-bond acceptors (Lipinski definition) is 7. The van der Waals surface area contributed by atoms with E-state index in [1.165, 1.54) is 19.2 Å². The van der Waals surface area contributed by atoms with Crippen LogP contribution in [0.5, 0.6) is 5.75 Å². The third-order valence-electron chi connectivity index (χ3n) is 5.38. The van der Waals surface area contributed by atoms with E-state index in [0.717, 1.165) is 0 Å². The fourth-order valence-corrected chi connectivity index (χ4v) is 3.79. The van der Waals surface area contributed by atoms with Crippen molar-refractivity contribution in [1.29, 1.82) is 0 Å². The van der Waals surface area contributed by atoms with E-state index in [2.05, 4.69) is 0 Å². The number of nitro benzene ring substituents is 1. The number of carbonyl (C=O) groups excluding carboxylic acids is 1. The van der Waals surface area contributed by atoms with Crippen LogP contribution in [0.15, 0.2) is 51.7 Å². The molecule has 4 rings (SSSR count). The second-order valence-corrected chi connectivity index (χ2v) is 7.59. The first-order valence-electron chi connectivity index (χ1n) is 9.66. The predicted molar refractivity (Wildman–Crippen MR) is 114 cm³/mol. The molecule has 0 saturated heterocycles. The number of likely N-dealkylation sites (N-methyl/N-ethyl adjacent to an activating group) is 1. The number of rotatable bonds is 6. The number of non-ortho nitro benzene ring substituents is 1. The van der Waals surface area contributed by atoms with E-state index < -0.39 is 11.0 Å². The van der Waals surface area contributed by atoms with Crippen molar-refractivity contribution < 1.29 is 18.9 Å². The minimum atomic E-state index is -0.689. The second kappa shape index (κ2) is 7.84. The molecule has 0 radical (unpaired) electrons. The number of fused-ring (bicyclic) bond motifs is 2. The van der Waals surface area contributed by atoms with Crippen LogP contribution < -0.4 is 10.2 Å². The first-order chi connectivity index (χ1) is 14.8. The first kappa shape index (κ1) is 20.5. The number of nitrogens with zero attached hydrogens (tertiary/aromatic N) is 3. The average molecular weight is 423 g/mol. The molecule has 9 heteroatoms. The van der Waals surface area contributed by atoms with E-state index >= 15 is 0 Å². The summed E-state index contributed by atoms with van der Waals surface area (Å²) in [6, 6.07) is 10.1. The van der Waals surface area contributed by atoms with Crippen LogP contribution in [-0.4, -0.2) is 54.9 Å². The summed E-state index contributed by atoms with van der Waals surface area (Å²) in [7, 11) is 5.28. The van der Waals surface area contributed by atoms with Crippen LogP contribution in [-0.2, 0) is 0 Å². The number of hydrogen-bond donors (Lipinski definition) is 0. The van der Waals surface area contributed by atoms with Gasteiger partial charge in [0.15, 0.2) is 5.43 Å². The topological polar surface area (TPSA) is 106 Å². The zero-order valence-corrected chi connectivity index (χ0v) is 17.3. The zero-order chi connectivity index (χ0) is 22.3. The van der Waals surface area contributed by atoms with E-state index in [-0.39, 0.29) is 33.9 Å². The molecule has 2 heterocycles. The zero-order valence-electron chi connectivity index (χ0n) is 17.3. The Kier molecular flexibility index (Phi) is 5.20. The lowest BCUT2D eigenvalue weighted by Gasteiger charge is -2.26. The Bertz CT molecular complexity index is 1230. The SMILES string of the molecule is COc1ccc2c(=O)c3c(oc2c1)C(=O)N(CCN(C)C)[C@H]3c1ccc([N+](=O)[O-])cc1. The molecule has 31 heavy (non-hydrogen) atoms. The molecule has 1 aromatic heterocycles. The minimum Gasteiger partial charge on any atom is -0.497 e. The lowest BCUT2D eigenvalue weighted by atomic mass is 9.98. The van der Waals surface area contributed by atoms with Gasteiger partial charge in [-0.1, -0.05) is 0 Å². The summed E-state index contributed by atoms with van der Waals surface area (Å²) < 4.78 is 11.1. The van der Waals surface area contributed by atoms with Gasteiger partial charge in [-0.05, 0) is 43.9 Å². The van der Waals surface area contributed by atoms with Crippen LogP contribution in [0.1, 0.15) is 27.7 Å². The van der Waals surface area contributed by atoms with Crippen molar-refractivity contribution in [1.82, 2.24) is 9.80 Å². The van der Waals surface area contributed by atoms with Crippen molar-refractivity contribution in [2.24, 2.45) is 0 Å². The highest BCUT2D eigenvalue weighted by atomic mass is 16.6. The monoisotopic (exact) mass is 423 g/mol. The molecule has 0 spiro atoms. The minimum absolute atomic E-state index is 0.00661. The van der Waals surface area contributed by atoms with E-state index in [1.807, 2.05) is 19.0 Å². The highest BCUT2D eigenvalue weighted by Gasteiger charge is 2.42. The summed E-state index contributed by atoms with van der Waals surface area (Å²) in [6.07, 6.45) is 0. The van der Waals surface area contributed by atoms with Crippen molar-refractivity contribution in [2.45, 2.75) is 6.04 Å². The molecule has 1 amide bonds. The largest absolute Gasteiger partial charge is 0.497 e. The average Bonchev–Trinajstić information content (AvgIpc) is 3.04. The quantitative estimate of drug-likeness (QED) is 0.443. The Morgan fingerprint density at radius 2 is 1.87 bits per heavy atom. The van der Waals surface area contributed by atoms with Crippen LogP contribution in [0.25, 0.3) is 11.0 Å². The maximum atomic E-state index is 13.4. The highest BCUT2D eigenvalue weighted by Crippen LogP contribution is 2.38. The second-order valence-electron chi connectivity index (χ2n) is 7.59. The number of ether oxygens (including phenoxy) is 1. The van der Waals surface area contributed by atoms with Crippen LogP contribution in [0, 0.1) is 10.1 Å². The van der Waals surface area contributed by atoms with Gasteiger partial charge in [0, 0.05) is 31.3 Å². The van der Waals surface area contributed by atoms with Gasteiger partial charge in [0.1, 0.15) is 11.3 Å². The highest BCUT2D eigenvalue weighted by molar-refractivity contribution is 5.99. The molecule has 0 unspecified atom stereocenters. The number of methoxy groups -OCH3 is 1. The van der Waals surface area contributed by atoms with Gasteiger partial charge in [0.05, 0.1) is 29.0 Å². The van der Waals surface area contributed by atoms with Crippen molar-refractivity contribution in [3.63, 3.8) is 0 Å². The van der Waals surface area contributed by atoms with Crippen molar-refractivity contribution in [3.05, 3.63) is 79.7 Å². The van der Waals surface area contributed by atoms with Crippen LogP contribution in [0.2, 0.25) is 0 Å². The summed E-state index contributed by atoms with van der Waals surface area (Å²) >= 11 is 0. The molecule has 160 valence electrons. The van der Waals surface area contributed by atoms with Gasteiger partial charge >= 0.3 is 0 Å². The molecular weight excluding hydrogens is 402 g/mol. The Hall–Kier alpha value is -3.72. The van der Waals surface area contributed by atoms with Crippen molar-refractivity contribution in [3.8, 4) is 5.75 Å². The number of benzene rings is 2. The summed E-state index contributed by atoms with van der Waals surface area (Å²) in [5.74, 6) is 0.118. The molecule has 0 N–H and O–H groups in total. The molecule has 1 aliphatic heterocycles. The summed E-state index contributed by atoms with van der Waals surface area (Å²) in [5, 5.41) is 11.4. The van der Waals surface area contributed by atoms with Gasteiger partial charge in [0.2, 0.25) is 5.76 Å². The fraction of sp³-hybridized carbons (Fsp3) is 0.273. The molecule has 0 fully saturated rings. The first-order valence-corrected chi connectivity index (χ1v) is 9.66. The Morgan fingerprint density at radius 1 is 1.16 bits per heavy atom. The molecule has 0 aliphatic carbocycles. The van der Waals surface area contributed by atoms with Crippen LogP contribution in [0.3, 0.4) is 0 Å². The van der Waals surface area contributed by atoms with E-state index in [4.69, 9.17) is 9.15 Å². The van der Waals surface area contributed by atoms with E-state index in [9.17, 15) is 19.7 Å². The molecule has 2 aromatic carbocycles. The third-order valence-corrected chi connectivity index (χ3v) is 5.38. The fourth-order valence-electron chi connectivity index (χ4n) is 3.79. The molecular formula is C22H21N3O6. The van der Waals surface area contributed by atoms with Crippen LogP contribution in [0.4, 0.5) is 5.69 Å². The lowest BCUT2D eigenvalue weighted by Crippen LogP contribution is -2.35. The van der Waals surface area contributed by atoms with E-state index in [0.29, 0.717) is 29.8 Å². The summed E-state index contributed by atoms with van der Waals surface area (Å²) in [4.78, 5) is 40.7. The van der Waals surface area contributed by atoms with Gasteiger partial charge in [-0.2, -0.15) is 0 Å². The lowest BCUT2D eigenvalue weighted by molar-refractivity contribution is -0.384. The number of nitro groups is 1. The Labute approximate surface area is 177 Å². The summed E-state index contributed by atoms with van der Waals surface area (Å²) in [5.41, 5.74) is 0.758. The predicted octanol–water partition coefficient (Wildman–Crippen LogP) is 2.82. The molecule has 1 atom stereocenters. The smallest absolute Gasteiger partial charge is 0.290 e.